The first-order valence-corrected chi connectivity index (χ1v) is 5.20. The predicted octanol–water partition coefficient (Wildman–Crippen LogP) is 1.91. The molecule has 1 rings (SSSR count). The Morgan fingerprint density at radius 3 is 2.57 bits per heavy atom. The van der Waals surface area contributed by atoms with Crippen LogP contribution in [0.4, 0.5) is 4.39 Å². The van der Waals surface area contributed by atoms with Crippen LogP contribution in [0.1, 0.15) is 12.0 Å². The molecule has 3 nitrogen and oxygen atoms in total. The molecular formula is C9H11FO3S. The number of hydrogen-bond donors (Lipinski definition) is 1. The summed E-state index contributed by atoms with van der Waals surface area (Å²) in [5, 5.41) is 0. The SMILES string of the molecule is O=S(O)OCCCc1ccc(F)cc1. The summed E-state index contributed by atoms with van der Waals surface area (Å²) in [5.41, 5.74) is 0.985. The Morgan fingerprint density at radius 1 is 1.36 bits per heavy atom. The highest BCUT2D eigenvalue weighted by Gasteiger charge is 1.96. The molecule has 5 heteroatoms. The third kappa shape index (κ3) is 4.45. The van der Waals surface area contributed by atoms with Crippen LogP contribution in [0, 0.1) is 5.82 Å². The lowest BCUT2D eigenvalue weighted by Crippen LogP contribution is -1.99. The largest absolute Gasteiger partial charge is 0.301 e. The lowest BCUT2D eigenvalue weighted by atomic mass is 10.1. The van der Waals surface area contributed by atoms with Crippen LogP contribution >= 0.6 is 0 Å². The van der Waals surface area contributed by atoms with Crippen LogP contribution in [0.2, 0.25) is 0 Å². The molecule has 1 unspecified atom stereocenters. The molecule has 1 atom stereocenters. The van der Waals surface area contributed by atoms with Gasteiger partial charge in [-0.25, -0.2) is 4.39 Å². The summed E-state index contributed by atoms with van der Waals surface area (Å²) in [6.45, 7) is 0.223. The second-order valence-electron chi connectivity index (χ2n) is 2.77. The topological polar surface area (TPSA) is 46.5 Å². The van der Waals surface area contributed by atoms with Crippen molar-refractivity contribution in [1.29, 1.82) is 0 Å². The third-order valence-electron chi connectivity index (χ3n) is 1.71. The smallest absolute Gasteiger partial charge is 0.284 e. The summed E-state index contributed by atoms with van der Waals surface area (Å²) >= 11 is -2.19. The third-order valence-corrected chi connectivity index (χ3v) is 2.08. The summed E-state index contributed by atoms with van der Waals surface area (Å²) in [6, 6.07) is 6.15. The second-order valence-corrected chi connectivity index (χ2v) is 3.44. The maximum absolute atomic E-state index is 12.5. The van der Waals surface area contributed by atoms with Crippen molar-refractivity contribution in [3.05, 3.63) is 35.6 Å². The Hall–Kier alpha value is -0.780. The Balaban J connectivity index is 2.25. The molecule has 0 saturated carbocycles. The number of benzene rings is 1. The van der Waals surface area contributed by atoms with Gasteiger partial charge >= 0.3 is 11.4 Å². The summed E-state index contributed by atoms with van der Waals surface area (Å²) < 4.78 is 35.3. The minimum atomic E-state index is -2.19. The van der Waals surface area contributed by atoms with Crippen molar-refractivity contribution in [2.45, 2.75) is 12.8 Å². The maximum atomic E-state index is 12.5. The molecule has 0 spiro atoms. The van der Waals surface area contributed by atoms with Gasteiger partial charge in [0.25, 0.3) is 0 Å². The molecule has 1 aromatic rings. The van der Waals surface area contributed by atoms with E-state index in [4.69, 9.17) is 4.55 Å². The average molecular weight is 218 g/mol. The van der Waals surface area contributed by atoms with Crippen molar-refractivity contribution in [2.75, 3.05) is 6.61 Å². The van der Waals surface area contributed by atoms with Crippen LogP contribution in [0.3, 0.4) is 0 Å². The number of rotatable bonds is 5. The molecule has 0 heterocycles. The number of hydrogen-bond acceptors (Lipinski definition) is 2. The summed E-state index contributed by atoms with van der Waals surface area (Å²) in [6.07, 6.45) is 1.34. The molecule has 0 radical (unpaired) electrons. The predicted molar refractivity (Wildman–Crippen MR) is 51.4 cm³/mol. The highest BCUT2D eigenvalue weighted by molar-refractivity contribution is 7.74. The van der Waals surface area contributed by atoms with E-state index in [1.807, 2.05) is 0 Å². The molecule has 1 N–H and O–H groups in total. The number of halogens is 1. The molecule has 0 aliphatic rings. The van der Waals surface area contributed by atoms with E-state index >= 15 is 0 Å². The van der Waals surface area contributed by atoms with E-state index in [0.29, 0.717) is 12.8 Å². The van der Waals surface area contributed by atoms with Crippen molar-refractivity contribution < 1.29 is 17.3 Å². The molecule has 0 bridgehead atoms. The van der Waals surface area contributed by atoms with E-state index in [-0.39, 0.29) is 12.4 Å². The Bertz CT molecular complexity index is 299. The maximum Gasteiger partial charge on any atom is 0.301 e. The van der Waals surface area contributed by atoms with Crippen LogP contribution in [0.5, 0.6) is 0 Å². The van der Waals surface area contributed by atoms with Gasteiger partial charge in [0, 0.05) is 0 Å². The molecule has 78 valence electrons. The van der Waals surface area contributed by atoms with Crippen LogP contribution in [-0.2, 0) is 22.0 Å². The molecule has 0 saturated heterocycles. The quantitative estimate of drug-likeness (QED) is 0.606. The van der Waals surface area contributed by atoms with E-state index in [2.05, 4.69) is 4.18 Å². The molecule has 14 heavy (non-hydrogen) atoms. The van der Waals surface area contributed by atoms with Crippen LogP contribution in [-0.4, -0.2) is 15.4 Å². The molecule has 0 aliphatic carbocycles. The van der Waals surface area contributed by atoms with Gasteiger partial charge in [0.1, 0.15) is 5.82 Å². The highest BCUT2D eigenvalue weighted by Crippen LogP contribution is 2.05. The first kappa shape index (κ1) is 11.3. The molecular weight excluding hydrogens is 207 g/mol. The fourth-order valence-corrected chi connectivity index (χ4v) is 1.32. The average Bonchev–Trinajstić information content (AvgIpc) is 2.15. The standard InChI is InChI=1S/C9H11FO3S/c10-9-5-3-8(4-6-9)2-1-7-13-14(11)12/h3-6H,1-2,7H2,(H,11,12). The molecule has 0 amide bonds. The van der Waals surface area contributed by atoms with E-state index in [0.717, 1.165) is 5.56 Å². The van der Waals surface area contributed by atoms with Crippen LogP contribution < -0.4 is 0 Å². The van der Waals surface area contributed by atoms with Crippen LogP contribution in [0.25, 0.3) is 0 Å². The fraction of sp³-hybridized carbons (Fsp3) is 0.333. The monoisotopic (exact) mass is 218 g/mol. The van der Waals surface area contributed by atoms with E-state index in [1.54, 1.807) is 12.1 Å². The van der Waals surface area contributed by atoms with Gasteiger partial charge in [0.15, 0.2) is 0 Å². The minimum Gasteiger partial charge on any atom is -0.284 e. The van der Waals surface area contributed by atoms with Crippen molar-refractivity contribution >= 4 is 11.4 Å². The van der Waals surface area contributed by atoms with Crippen molar-refractivity contribution in [2.24, 2.45) is 0 Å². The van der Waals surface area contributed by atoms with Gasteiger partial charge in [-0.3, -0.25) is 8.74 Å². The van der Waals surface area contributed by atoms with Crippen LogP contribution in [0.15, 0.2) is 24.3 Å². The molecule has 1 aromatic carbocycles. The van der Waals surface area contributed by atoms with Gasteiger partial charge < -0.3 is 0 Å². The van der Waals surface area contributed by atoms with E-state index in [9.17, 15) is 8.60 Å². The normalized spacial score (nSPS) is 12.7. The van der Waals surface area contributed by atoms with Crippen molar-refractivity contribution in [3.8, 4) is 0 Å². The zero-order chi connectivity index (χ0) is 10.4. The Kier molecular flexibility index (Phi) is 4.72. The lowest BCUT2D eigenvalue weighted by Gasteiger charge is -2.00. The zero-order valence-electron chi connectivity index (χ0n) is 7.48. The summed E-state index contributed by atoms with van der Waals surface area (Å²) in [5.74, 6) is -0.263. The molecule has 0 aromatic heterocycles. The van der Waals surface area contributed by atoms with Gasteiger partial charge in [-0.05, 0) is 30.5 Å². The van der Waals surface area contributed by atoms with Gasteiger partial charge in [0.2, 0.25) is 0 Å². The summed E-state index contributed by atoms with van der Waals surface area (Å²) in [7, 11) is 0. The van der Waals surface area contributed by atoms with E-state index < -0.39 is 11.4 Å². The number of aryl methyl sites for hydroxylation is 1. The first-order chi connectivity index (χ1) is 6.68. The lowest BCUT2D eigenvalue weighted by molar-refractivity contribution is 0.301. The van der Waals surface area contributed by atoms with Gasteiger partial charge in [-0.2, -0.15) is 4.21 Å². The molecule has 0 aliphatic heterocycles. The highest BCUT2D eigenvalue weighted by atomic mass is 32.2. The van der Waals surface area contributed by atoms with Gasteiger partial charge in [-0.1, -0.05) is 12.1 Å². The second kappa shape index (κ2) is 5.85. The fourth-order valence-electron chi connectivity index (χ4n) is 1.06. The first-order valence-electron chi connectivity index (χ1n) is 4.17. The van der Waals surface area contributed by atoms with Gasteiger partial charge in [-0.15, -0.1) is 0 Å². The van der Waals surface area contributed by atoms with Gasteiger partial charge in [0.05, 0.1) is 6.61 Å². The van der Waals surface area contributed by atoms with Crippen molar-refractivity contribution in [1.82, 2.24) is 0 Å². The Morgan fingerprint density at radius 2 is 2.00 bits per heavy atom. The summed E-state index contributed by atoms with van der Waals surface area (Å²) in [4.78, 5) is 0. The van der Waals surface area contributed by atoms with Crippen molar-refractivity contribution in [3.63, 3.8) is 0 Å². The zero-order valence-corrected chi connectivity index (χ0v) is 8.30. The van der Waals surface area contributed by atoms with E-state index in [1.165, 1.54) is 12.1 Å². The molecule has 0 fully saturated rings. The minimum absolute atomic E-state index is 0.223. The Labute approximate surface area is 84.4 Å².